The highest BCUT2D eigenvalue weighted by molar-refractivity contribution is 6.32. The van der Waals surface area contributed by atoms with Crippen molar-refractivity contribution >= 4 is 23.3 Å². The first-order chi connectivity index (χ1) is 10.1. The average molecular weight is 309 g/mol. The van der Waals surface area contributed by atoms with Crippen molar-refractivity contribution in [3.63, 3.8) is 0 Å². The molecule has 0 unspecified atom stereocenters. The average Bonchev–Trinajstić information content (AvgIpc) is 2.53. The summed E-state index contributed by atoms with van der Waals surface area (Å²) in [5.74, 6) is -0.655. The predicted octanol–water partition coefficient (Wildman–Crippen LogP) is 1.96. The molecule has 1 fully saturated rings. The number of nitrogens with zero attached hydrogens (tertiary/aromatic N) is 2. The Balaban J connectivity index is 2.00. The van der Waals surface area contributed by atoms with Gasteiger partial charge in [-0.15, -0.1) is 0 Å². The van der Waals surface area contributed by atoms with E-state index >= 15 is 0 Å². The van der Waals surface area contributed by atoms with E-state index in [2.05, 4.69) is 9.64 Å². The van der Waals surface area contributed by atoms with Crippen LogP contribution in [0, 0.1) is 17.2 Å². The van der Waals surface area contributed by atoms with Gasteiger partial charge < -0.3 is 14.7 Å². The maximum atomic E-state index is 11.3. The fourth-order valence-electron chi connectivity index (χ4n) is 2.58. The fraction of sp³-hybridized carbons (Fsp3) is 0.467. The molecule has 1 saturated heterocycles. The molecular weight excluding hydrogens is 292 g/mol. The van der Waals surface area contributed by atoms with Gasteiger partial charge in [-0.05, 0) is 37.0 Å². The molecule has 0 saturated carbocycles. The largest absolute Gasteiger partial charge is 0.467 e. The van der Waals surface area contributed by atoms with Crippen molar-refractivity contribution < 1.29 is 14.6 Å². The van der Waals surface area contributed by atoms with E-state index in [0.29, 0.717) is 23.4 Å². The topological polar surface area (TPSA) is 73.6 Å². The van der Waals surface area contributed by atoms with E-state index in [1.165, 1.54) is 7.11 Å². The van der Waals surface area contributed by atoms with E-state index < -0.39 is 12.1 Å². The van der Waals surface area contributed by atoms with Gasteiger partial charge >= 0.3 is 5.97 Å². The van der Waals surface area contributed by atoms with Gasteiger partial charge in [0.1, 0.15) is 6.07 Å². The number of nitriles is 1. The van der Waals surface area contributed by atoms with Crippen LogP contribution in [0.1, 0.15) is 18.4 Å². The summed E-state index contributed by atoms with van der Waals surface area (Å²) in [4.78, 5) is 13.5. The van der Waals surface area contributed by atoms with Gasteiger partial charge in [0.25, 0.3) is 0 Å². The van der Waals surface area contributed by atoms with E-state index in [0.717, 1.165) is 18.8 Å². The predicted molar refractivity (Wildman–Crippen MR) is 79.1 cm³/mol. The van der Waals surface area contributed by atoms with Crippen LogP contribution in [-0.2, 0) is 9.53 Å². The van der Waals surface area contributed by atoms with E-state index in [9.17, 15) is 9.90 Å². The molecule has 6 heteroatoms. The molecule has 112 valence electrons. The maximum absolute atomic E-state index is 11.3. The lowest BCUT2D eigenvalue weighted by atomic mass is 9.91. The number of esters is 1. The Morgan fingerprint density at radius 1 is 1.52 bits per heavy atom. The molecule has 0 aromatic heterocycles. The molecule has 0 bridgehead atoms. The molecule has 0 radical (unpaired) electrons. The number of aliphatic hydroxyl groups is 1. The Hall–Kier alpha value is -1.77. The van der Waals surface area contributed by atoms with Gasteiger partial charge in [0.15, 0.2) is 6.10 Å². The summed E-state index contributed by atoms with van der Waals surface area (Å²) in [7, 11) is 1.28. The molecule has 1 aliphatic rings. The van der Waals surface area contributed by atoms with Gasteiger partial charge in [-0.3, -0.25) is 0 Å². The van der Waals surface area contributed by atoms with Crippen LogP contribution in [0.15, 0.2) is 18.2 Å². The standard InChI is InChI=1S/C15H17ClN2O3/c1-21-15(20)14(19)10-4-6-18(7-5-10)12-3-2-11(9-17)13(16)8-12/h2-3,8,10,14,19H,4-7H2,1H3/t14-/m0/s1. The number of carbonyl (C=O) groups is 1. The Morgan fingerprint density at radius 3 is 2.71 bits per heavy atom. The van der Waals surface area contributed by atoms with Crippen LogP contribution in [0.5, 0.6) is 0 Å². The van der Waals surface area contributed by atoms with Crippen molar-refractivity contribution in [3.05, 3.63) is 28.8 Å². The lowest BCUT2D eigenvalue weighted by Gasteiger charge is -2.34. The van der Waals surface area contributed by atoms with Crippen molar-refractivity contribution in [1.29, 1.82) is 5.26 Å². The van der Waals surface area contributed by atoms with Crippen molar-refractivity contribution in [2.24, 2.45) is 5.92 Å². The second-order valence-corrected chi connectivity index (χ2v) is 5.48. The Morgan fingerprint density at radius 2 is 2.19 bits per heavy atom. The smallest absolute Gasteiger partial charge is 0.334 e. The van der Waals surface area contributed by atoms with E-state index in [1.54, 1.807) is 12.1 Å². The maximum Gasteiger partial charge on any atom is 0.334 e. The molecule has 1 aliphatic heterocycles. The van der Waals surface area contributed by atoms with Crippen LogP contribution in [0.25, 0.3) is 0 Å². The molecule has 5 nitrogen and oxygen atoms in total. The summed E-state index contributed by atoms with van der Waals surface area (Å²) in [6.07, 6.45) is 0.351. The summed E-state index contributed by atoms with van der Waals surface area (Å²) in [5, 5.41) is 19.2. The third-order valence-corrected chi connectivity index (χ3v) is 4.18. The first-order valence-corrected chi connectivity index (χ1v) is 7.15. The molecule has 1 aromatic carbocycles. The molecule has 1 aromatic rings. The second-order valence-electron chi connectivity index (χ2n) is 5.07. The zero-order valence-electron chi connectivity index (χ0n) is 11.8. The van der Waals surface area contributed by atoms with Crippen LogP contribution in [-0.4, -0.2) is 37.4 Å². The number of aliphatic hydroxyl groups excluding tert-OH is 1. The van der Waals surface area contributed by atoms with Crippen LogP contribution in [0.3, 0.4) is 0 Å². The van der Waals surface area contributed by atoms with Crippen molar-refractivity contribution in [1.82, 2.24) is 0 Å². The number of rotatable bonds is 3. The summed E-state index contributed by atoms with van der Waals surface area (Å²) in [5.41, 5.74) is 1.40. The normalized spacial score (nSPS) is 17.1. The van der Waals surface area contributed by atoms with Gasteiger partial charge in [0, 0.05) is 18.8 Å². The first-order valence-electron chi connectivity index (χ1n) is 6.77. The van der Waals surface area contributed by atoms with Gasteiger partial charge in [-0.25, -0.2) is 4.79 Å². The number of piperidine rings is 1. The molecule has 1 atom stereocenters. The van der Waals surface area contributed by atoms with Gasteiger partial charge in [-0.2, -0.15) is 5.26 Å². The summed E-state index contributed by atoms with van der Waals surface area (Å²) in [6.45, 7) is 1.45. The highest BCUT2D eigenvalue weighted by Gasteiger charge is 2.30. The molecule has 1 heterocycles. The number of hydrogen-bond acceptors (Lipinski definition) is 5. The summed E-state index contributed by atoms with van der Waals surface area (Å²) < 4.78 is 4.57. The van der Waals surface area contributed by atoms with E-state index in [1.807, 2.05) is 12.1 Å². The van der Waals surface area contributed by atoms with Crippen molar-refractivity contribution in [2.75, 3.05) is 25.1 Å². The summed E-state index contributed by atoms with van der Waals surface area (Å²) in [6, 6.07) is 7.37. The number of ether oxygens (including phenoxy) is 1. The fourth-order valence-corrected chi connectivity index (χ4v) is 2.80. The summed E-state index contributed by atoms with van der Waals surface area (Å²) >= 11 is 6.04. The lowest BCUT2D eigenvalue weighted by Crippen LogP contribution is -2.40. The zero-order valence-corrected chi connectivity index (χ0v) is 12.5. The molecular formula is C15H17ClN2O3. The number of halogens is 1. The number of benzene rings is 1. The van der Waals surface area contributed by atoms with E-state index in [-0.39, 0.29) is 5.92 Å². The number of anilines is 1. The molecule has 0 aliphatic carbocycles. The van der Waals surface area contributed by atoms with Crippen LogP contribution in [0.2, 0.25) is 5.02 Å². The van der Waals surface area contributed by atoms with Crippen LogP contribution >= 0.6 is 11.6 Å². The van der Waals surface area contributed by atoms with Gasteiger partial charge in [0.2, 0.25) is 0 Å². The van der Waals surface area contributed by atoms with Gasteiger partial charge in [0.05, 0.1) is 17.7 Å². The second kappa shape index (κ2) is 6.79. The Bertz CT molecular complexity index is 563. The van der Waals surface area contributed by atoms with E-state index in [4.69, 9.17) is 16.9 Å². The van der Waals surface area contributed by atoms with Crippen molar-refractivity contribution in [2.45, 2.75) is 18.9 Å². The van der Waals surface area contributed by atoms with Crippen LogP contribution in [0.4, 0.5) is 5.69 Å². The molecule has 2 rings (SSSR count). The van der Waals surface area contributed by atoms with Crippen LogP contribution < -0.4 is 4.90 Å². The molecule has 1 N–H and O–H groups in total. The van der Waals surface area contributed by atoms with Crippen molar-refractivity contribution in [3.8, 4) is 6.07 Å². The minimum Gasteiger partial charge on any atom is -0.467 e. The minimum atomic E-state index is -1.05. The minimum absolute atomic E-state index is 0.0810. The quantitative estimate of drug-likeness (QED) is 0.864. The van der Waals surface area contributed by atoms with Gasteiger partial charge in [-0.1, -0.05) is 11.6 Å². The first kappa shape index (κ1) is 15.6. The Labute approximate surface area is 128 Å². The highest BCUT2D eigenvalue weighted by atomic mass is 35.5. The molecule has 21 heavy (non-hydrogen) atoms. The Kier molecular flexibility index (Phi) is 5.05. The number of methoxy groups -OCH3 is 1. The zero-order chi connectivity index (χ0) is 15.4. The lowest BCUT2D eigenvalue weighted by molar-refractivity contribution is -0.153. The molecule has 0 spiro atoms. The molecule has 0 amide bonds. The monoisotopic (exact) mass is 308 g/mol. The number of carbonyl (C=O) groups excluding carboxylic acids is 1. The highest BCUT2D eigenvalue weighted by Crippen LogP contribution is 2.28. The third-order valence-electron chi connectivity index (χ3n) is 3.87. The number of hydrogen-bond donors (Lipinski definition) is 1. The third kappa shape index (κ3) is 3.46. The SMILES string of the molecule is COC(=O)[C@@H](O)C1CCN(c2ccc(C#N)c(Cl)c2)CC1.